The van der Waals surface area contributed by atoms with E-state index in [9.17, 15) is 4.79 Å². The largest absolute Gasteiger partial charge is 0.497 e. The van der Waals surface area contributed by atoms with Crippen LogP contribution in [0.4, 0.5) is 5.69 Å². The topological polar surface area (TPSA) is 64.4 Å². The third-order valence-electron chi connectivity index (χ3n) is 3.51. The van der Waals surface area contributed by atoms with Gasteiger partial charge in [-0.2, -0.15) is 0 Å². The molecule has 1 heterocycles. The van der Waals surface area contributed by atoms with Gasteiger partial charge >= 0.3 is 0 Å². The molecule has 3 aromatic rings. The maximum absolute atomic E-state index is 12.6. The summed E-state index contributed by atoms with van der Waals surface area (Å²) in [5.41, 5.74) is 2.15. The average molecular weight is 354 g/mol. The van der Waals surface area contributed by atoms with E-state index < -0.39 is 0 Å². The summed E-state index contributed by atoms with van der Waals surface area (Å²) in [5, 5.41) is 6.79. The summed E-state index contributed by atoms with van der Waals surface area (Å²) in [5.74, 6) is 1.93. The van der Waals surface area contributed by atoms with Crippen molar-refractivity contribution in [1.82, 2.24) is 5.16 Å². The first-order chi connectivity index (χ1) is 12.2. The number of methoxy groups -OCH3 is 1. The smallest absolute Gasteiger partial charge is 0.256 e. The normalized spacial score (nSPS) is 10.5. The van der Waals surface area contributed by atoms with Gasteiger partial charge in [0.1, 0.15) is 11.5 Å². The van der Waals surface area contributed by atoms with Gasteiger partial charge < -0.3 is 14.6 Å². The summed E-state index contributed by atoms with van der Waals surface area (Å²) in [4.78, 5) is 13.5. The number of thioether (sulfide) groups is 1. The van der Waals surface area contributed by atoms with Gasteiger partial charge in [-0.15, -0.1) is 11.8 Å². The van der Waals surface area contributed by atoms with Crippen LogP contribution in [0.2, 0.25) is 0 Å². The van der Waals surface area contributed by atoms with Crippen LogP contribution in [0.5, 0.6) is 5.75 Å². The minimum Gasteiger partial charge on any atom is -0.497 e. The number of ether oxygens (including phenoxy) is 1. The number of benzene rings is 2. The molecule has 0 fully saturated rings. The van der Waals surface area contributed by atoms with Crippen LogP contribution in [0.15, 0.2) is 64.0 Å². The van der Waals surface area contributed by atoms with Crippen molar-refractivity contribution in [1.29, 1.82) is 0 Å². The molecule has 1 aromatic heterocycles. The van der Waals surface area contributed by atoms with Crippen molar-refractivity contribution >= 4 is 23.4 Å². The molecular formula is C19H18N2O3S. The number of aromatic nitrogens is 1. The summed E-state index contributed by atoms with van der Waals surface area (Å²) >= 11 is 1.54. The molecule has 0 unspecified atom stereocenters. The molecule has 0 saturated heterocycles. The first kappa shape index (κ1) is 17.1. The molecule has 2 aromatic carbocycles. The molecule has 128 valence electrons. The van der Waals surface area contributed by atoms with Crippen LogP contribution in [-0.4, -0.2) is 18.2 Å². The van der Waals surface area contributed by atoms with Crippen LogP contribution in [0.25, 0.3) is 0 Å². The average Bonchev–Trinajstić information content (AvgIpc) is 3.05. The molecule has 0 aliphatic carbocycles. The van der Waals surface area contributed by atoms with E-state index in [0.29, 0.717) is 22.8 Å². The molecule has 1 amide bonds. The summed E-state index contributed by atoms with van der Waals surface area (Å²) in [6, 6.07) is 16.7. The zero-order chi connectivity index (χ0) is 17.6. The quantitative estimate of drug-likeness (QED) is 0.659. The summed E-state index contributed by atoms with van der Waals surface area (Å²) < 4.78 is 10.4. The van der Waals surface area contributed by atoms with E-state index >= 15 is 0 Å². The van der Waals surface area contributed by atoms with E-state index in [1.807, 2.05) is 55.5 Å². The van der Waals surface area contributed by atoms with Gasteiger partial charge in [-0.3, -0.25) is 4.79 Å². The fourth-order valence-electron chi connectivity index (χ4n) is 2.31. The number of rotatable bonds is 6. The second-order valence-electron chi connectivity index (χ2n) is 5.41. The Balaban J connectivity index is 1.73. The number of carbonyl (C=O) groups is 1. The van der Waals surface area contributed by atoms with Gasteiger partial charge in [-0.05, 0) is 31.2 Å². The lowest BCUT2D eigenvalue weighted by molar-refractivity contribution is 0.102. The molecule has 6 heteroatoms. The van der Waals surface area contributed by atoms with E-state index in [4.69, 9.17) is 9.26 Å². The highest BCUT2D eigenvalue weighted by atomic mass is 32.2. The van der Waals surface area contributed by atoms with Crippen molar-refractivity contribution in [2.45, 2.75) is 17.6 Å². The zero-order valence-corrected chi connectivity index (χ0v) is 14.8. The Morgan fingerprint density at radius 1 is 1.20 bits per heavy atom. The number of hydrogen-bond acceptors (Lipinski definition) is 5. The molecule has 3 rings (SSSR count). The maximum Gasteiger partial charge on any atom is 0.256 e. The van der Waals surface area contributed by atoms with Gasteiger partial charge in [0.25, 0.3) is 5.91 Å². The molecular weight excluding hydrogens is 336 g/mol. The molecule has 25 heavy (non-hydrogen) atoms. The first-order valence-corrected chi connectivity index (χ1v) is 8.73. The second-order valence-corrected chi connectivity index (χ2v) is 6.42. The summed E-state index contributed by atoms with van der Waals surface area (Å²) in [7, 11) is 1.60. The Kier molecular flexibility index (Phi) is 5.40. The van der Waals surface area contributed by atoms with E-state index in [1.165, 1.54) is 0 Å². The Labute approximate surface area is 150 Å². The van der Waals surface area contributed by atoms with Crippen LogP contribution in [0, 0.1) is 6.92 Å². The van der Waals surface area contributed by atoms with Crippen LogP contribution >= 0.6 is 11.8 Å². The number of hydrogen-bond donors (Lipinski definition) is 1. The third kappa shape index (κ3) is 4.42. The number of aryl methyl sites for hydroxylation is 1. The van der Waals surface area contributed by atoms with Crippen molar-refractivity contribution in [3.05, 3.63) is 71.6 Å². The molecule has 0 bridgehead atoms. The molecule has 0 radical (unpaired) electrons. The first-order valence-electron chi connectivity index (χ1n) is 7.75. The minimum absolute atomic E-state index is 0.162. The van der Waals surface area contributed by atoms with Crippen molar-refractivity contribution < 1.29 is 14.1 Å². The molecule has 5 nitrogen and oxygen atoms in total. The fourth-order valence-corrected chi connectivity index (χ4v) is 3.24. The fraction of sp³-hybridized carbons (Fsp3) is 0.158. The number of nitrogens with zero attached hydrogens (tertiary/aromatic N) is 1. The lowest BCUT2D eigenvalue weighted by Crippen LogP contribution is -2.13. The number of carbonyl (C=O) groups excluding carboxylic acids is 1. The van der Waals surface area contributed by atoms with Crippen molar-refractivity contribution in [3.63, 3.8) is 0 Å². The van der Waals surface area contributed by atoms with Gasteiger partial charge in [0.05, 0.1) is 24.1 Å². The lowest BCUT2D eigenvalue weighted by Gasteiger charge is -2.10. The molecule has 1 N–H and O–H groups in total. The standard InChI is InChI=1S/C19H18N2O3S/c1-13-10-16(24-21-13)12-25-18-9-4-3-8-17(18)19(22)20-14-6-5-7-15(11-14)23-2/h3-11H,12H2,1-2H3,(H,20,22). The maximum atomic E-state index is 12.6. The minimum atomic E-state index is -0.162. The third-order valence-corrected chi connectivity index (χ3v) is 4.60. The predicted molar refractivity (Wildman–Crippen MR) is 98.2 cm³/mol. The number of anilines is 1. The van der Waals surface area contributed by atoms with Gasteiger partial charge in [0.2, 0.25) is 0 Å². The highest BCUT2D eigenvalue weighted by Gasteiger charge is 2.13. The van der Waals surface area contributed by atoms with E-state index in [1.54, 1.807) is 24.9 Å². The highest BCUT2D eigenvalue weighted by Crippen LogP contribution is 2.27. The number of nitrogens with one attached hydrogen (secondary N) is 1. The van der Waals surface area contributed by atoms with Gasteiger partial charge in [0, 0.05) is 22.7 Å². The Hall–Kier alpha value is -2.73. The van der Waals surface area contributed by atoms with Crippen molar-refractivity contribution in [3.8, 4) is 5.75 Å². The van der Waals surface area contributed by atoms with E-state index in [0.717, 1.165) is 16.3 Å². The molecule has 0 aliphatic rings. The van der Waals surface area contributed by atoms with Crippen LogP contribution < -0.4 is 10.1 Å². The predicted octanol–water partition coefficient (Wildman–Crippen LogP) is 4.54. The van der Waals surface area contributed by atoms with Gasteiger partial charge in [-0.1, -0.05) is 23.4 Å². The zero-order valence-electron chi connectivity index (χ0n) is 14.0. The van der Waals surface area contributed by atoms with Gasteiger partial charge in [0.15, 0.2) is 0 Å². The van der Waals surface area contributed by atoms with E-state index in [2.05, 4.69) is 10.5 Å². The van der Waals surface area contributed by atoms with Crippen LogP contribution in [-0.2, 0) is 5.75 Å². The highest BCUT2D eigenvalue weighted by molar-refractivity contribution is 7.98. The number of amides is 1. The van der Waals surface area contributed by atoms with E-state index in [-0.39, 0.29) is 5.91 Å². The molecule has 0 saturated carbocycles. The van der Waals surface area contributed by atoms with Crippen LogP contribution in [0.3, 0.4) is 0 Å². The molecule has 0 atom stereocenters. The lowest BCUT2D eigenvalue weighted by atomic mass is 10.2. The van der Waals surface area contributed by atoms with Crippen LogP contribution in [0.1, 0.15) is 21.8 Å². The Bertz CT molecular complexity index is 876. The monoisotopic (exact) mass is 354 g/mol. The second kappa shape index (κ2) is 7.90. The Morgan fingerprint density at radius 3 is 2.80 bits per heavy atom. The summed E-state index contributed by atoms with van der Waals surface area (Å²) in [6.07, 6.45) is 0. The molecule has 0 aliphatic heterocycles. The molecule has 0 spiro atoms. The van der Waals surface area contributed by atoms with Crippen molar-refractivity contribution in [2.24, 2.45) is 0 Å². The Morgan fingerprint density at radius 2 is 2.04 bits per heavy atom. The summed E-state index contributed by atoms with van der Waals surface area (Å²) in [6.45, 7) is 1.88. The van der Waals surface area contributed by atoms with Gasteiger partial charge in [-0.25, -0.2) is 0 Å². The van der Waals surface area contributed by atoms with Crippen molar-refractivity contribution in [2.75, 3.05) is 12.4 Å². The SMILES string of the molecule is COc1cccc(NC(=O)c2ccccc2SCc2cc(C)no2)c1.